The smallest absolute Gasteiger partial charge is 0.0656 e. The van der Waals surface area contributed by atoms with Crippen molar-refractivity contribution in [3.63, 3.8) is 0 Å². The van der Waals surface area contributed by atoms with Crippen LogP contribution in [0.5, 0.6) is 0 Å². The molecule has 84 valence electrons. The fourth-order valence-corrected chi connectivity index (χ4v) is 3.05. The van der Waals surface area contributed by atoms with Crippen LogP contribution in [-0.4, -0.2) is 0 Å². The summed E-state index contributed by atoms with van der Waals surface area (Å²) in [6, 6.07) is 10.9. The third-order valence-corrected chi connectivity index (χ3v) is 4.40. The maximum atomic E-state index is 6.18. The van der Waals surface area contributed by atoms with Gasteiger partial charge in [0.25, 0.3) is 0 Å². The van der Waals surface area contributed by atoms with Crippen molar-refractivity contribution >= 4 is 33.9 Å². The van der Waals surface area contributed by atoms with Gasteiger partial charge < -0.3 is 5.73 Å². The van der Waals surface area contributed by atoms with Crippen molar-refractivity contribution in [2.24, 2.45) is 5.73 Å². The highest BCUT2D eigenvalue weighted by Crippen LogP contribution is 2.23. The Balaban J connectivity index is 2.07. The van der Waals surface area contributed by atoms with Crippen LogP contribution in [0.25, 0.3) is 0 Å². The van der Waals surface area contributed by atoms with Gasteiger partial charge in [-0.3, -0.25) is 0 Å². The van der Waals surface area contributed by atoms with E-state index in [4.69, 9.17) is 5.73 Å². The summed E-state index contributed by atoms with van der Waals surface area (Å²) in [5, 5.41) is 2.15. The van der Waals surface area contributed by atoms with Crippen LogP contribution >= 0.6 is 33.9 Å². The van der Waals surface area contributed by atoms with E-state index in [1.54, 1.807) is 11.3 Å². The Hall–Kier alpha value is -0.390. The van der Waals surface area contributed by atoms with E-state index in [9.17, 15) is 0 Å². The predicted molar refractivity (Wildman–Crippen MR) is 78.8 cm³/mol. The molecule has 0 fully saturated rings. The molecule has 2 aromatic rings. The number of thiophene rings is 1. The maximum absolute atomic E-state index is 6.18. The van der Waals surface area contributed by atoms with Crippen molar-refractivity contribution in [3.8, 4) is 0 Å². The van der Waals surface area contributed by atoms with Crippen LogP contribution in [0, 0.1) is 9.81 Å². The topological polar surface area (TPSA) is 26.0 Å². The number of aryl methyl sites for hydroxylation is 1. The lowest BCUT2D eigenvalue weighted by molar-refractivity contribution is 0.724. The SMILES string of the molecule is Cc1ccc(CC(N)c2csc(I)c2)cc1. The van der Waals surface area contributed by atoms with E-state index in [0.29, 0.717) is 0 Å². The summed E-state index contributed by atoms with van der Waals surface area (Å²) in [5.74, 6) is 0. The van der Waals surface area contributed by atoms with Crippen molar-refractivity contribution in [3.05, 3.63) is 55.3 Å². The highest BCUT2D eigenvalue weighted by molar-refractivity contribution is 14.1. The molecule has 1 aromatic carbocycles. The molecule has 0 aliphatic rings. The minimum atomic E-state index is 0.113. The third-order valence-electron chi connectivity index (χ3n) is 2.59. The Labute approximate surface area is 114 Å². The summed E-state index contributed by atoms with van der Waals surface area (Å²) in [4.78, 5) is 0. The minimum absolute atomic E-state index is 0.113. The lowest BCUT2D eigenvalue weighted by Gasteiger charge is -2.10. The summed E-state index contributed by atoms with van der Waals surface area (Å²) < 4.78 is 1.30. The van der Waals surface area contributed by atoms with Crippen LogP contribution in [0.15, 0.2) is 35.7 Å². The molecule has 16 heavy (non-hydrogen) atoms. The van der Waals surface area contributed by atoms with Gasteiger partial charge in [0.2, 0.25) is 0 Å². The molecule has 1 unspecified atom stereocenters. The van der Waals surface area contributed by atoms with Crippen LogP contribution in [0.3, 0.4) is 0 Å². The first kappa shape index (κ1) is 12.1. The highest BCUT2D eigenvalue weighted by atomic mass is 127. The number of hydrogen-bond donors (Lipinski definition) is 1. The molecule has 3 heteroatoms. The molecule has 0 bridgehead atoms. The fraction of sp³-hybridized carbons (Fsp3) is 0.231. The number of rotatable bonds is 3. The van der Waals surface area contributed by atoms with Crippen LogP contribution in [0.1, 0.15) is 22.7 Å². The van der Waals surface area contributed by atoms with Gasteiger partial charge in [-0.2, -0.15) is 0 Å². The summed E-state index contributed by atoms with van der Waals surface area (Å²) >= 11 is 4.08. The molecular formula is C13H14INS. The van der Waals surface area contributed by atoms with Crippen LogP contribution in [0.2, 0.25) is 0 Å². The second kappa shape index (κ2) is 5.29. The standard InChI is InChI=1S/C13H14INS/c1-9-2-4-10(5-3-9)6-12(15)11-7-13(14)16-8-11/h2-5,7-8,12H,6,15H2,1H3. The van der Waals surface area contributed by atoms with E-state index in [2.05, 4.69) is 65.2 Å². The predicted octanol–water partition coefficient (Wildman–Crippen LogP) is 3.90. The van der Waals surface area contributed by atoms with Crippen molar-refractivity contribution in [2.45, 2.75) is 19.4 Å². The monoisotopic (exact) mass is 343 g/mol. The van der Waals surface area contributed by atoms with E-state index in [-0.39, 0.29) is 6.04 Å². The number of hydrogen-bond acceptors (Lipinski definition) is 2. The molecule has 2 rings (SSSR count). The van der Waals surface area contributed by atoms with Gasteiger partial charge in [0.1, 0.15) is 0 Å². The molecule has 0 radical (unpaired) electrons. The van der Waals surface area contributed by atoms with Crippen molar-refractivity contribution in [1.29, 1.82) is 0 Å². The molecule has 0 aliphatic carbocycles. The lowest BCUT2D eigenvalue weighted by atomic mass is 10.0. The second-order valence-corrected chi connectivity index (χ2v) is 6.79. The van der Waals surface area contributed by atoms with E-state index < -0.39 is 0 Å². The largest absolute Gasteiger partial charge is 0.324 e. The van der Waals surface area contributed by atoms with Crippen LogP contribution < -0.4 is 5.73 Å². The van der Waals surface area contributed by atoms with Gasteiger partial charge in [-0.1, -0.05) is 29.8 Å². The Morgan fingerprint density at radius 2 is 2.00 bits per heavy atom. The van der Waals surface area contributed by atoms with Gasteiger partial charge in [0.15, 0.2) is 0 Å². The zero-order valence-corrected chi connectivity index (χ0v) is 12.1. The van der Waals surface area contributed by atoms with Gasteiger partial charge in [-0.25, -0.2) is 0 Å². The first-order valence-corrected chi connectivity index (χ1v) is 7.16. The fourth-order valence-electron chi connectivity index (χ4n) is 1.61. The Morgan fingerprint density at radius 1 is 1.31 bits per heavy atom. The van der Waals surface area contributed by atoms with E-state index in [1.807, 2.05) is 0 Å². The highest BCUT2D eigenvalue weighted by Gasteiger charge is 2.08. The molecule has 0 saturated carbocycles. The molecule has 0 amide bonds. The Bertz CT molecular complexity index is 461. The Morgan fingerprint density at radius 3 is 2.56 bits per heavy atom. The summed E-state index contributed by atoms with van der Waals surface area (Å²) in [7, 11) is 0. The first-order chi connectivity index (χ1) is 7.65. The summed E-state index contributed by atoms with van der Waals surface area (Å²) in [5.41, 5.74) is 10.0. The molecule has 0 spiro atoms. The van der Waals surface area contributed by atoms with Gasteiger partial charge in [0, 0.05) is 6.04 Å². The molecule has 1 heterocycles. The van der Waals surface area contributed by atoms with Gasteiger partial charge in [-0.15, -0.1) is 11.3 Å². The number of nitrogens with two attached hydrogens (primary N) is 1. The Kier molecular flexibility index (Phi) is 4.00. The molecular weight excluding hydrogens is 329 g/mol. The lowest BCUT2D eigenvalue weighted by Crippen LogP contribution is -2.12. The molecule has 0 aliphatic heterocycles. The molecule has 2 N–H and O–H groups in total. The third kappa shape index (κ3) is 3.06. The molecule has 1 atom stereocenters. The summed E-state index contributed by atoms with van der Waals surface area (Å²) in [6.07, 6.45) is 0.910. The number of halogens is 1. The average Bonchev–Trinajstić information content (AvgIpc) is 2.68. The maximum Gasteiger partial charge on any atom is 0.0656 e. The zero-order valence-electron chi connectivity index (χ0n) is 9.11. The van der Waals surface area contributed by atoms with E-state index in [1.165, 1.54) is 19.6 Å². The van der Waals surface area contributed by atoms with Gasteiger partial charge in [-0.05, 0) is 58.5 Å². The first-order valence-electron chi connectivity index (χ1n) is 5.20. The van der Waals surface area contributed by atoms with Crippen LogP contribution in [-0.2, 0) is 6.42 Å². The molecule has 0 saturated heterocycles. The van der Waals surface area contributed by atoms with Gasteiger partial charge in [0.05, 0.1) is 2.88 Å². The van der Waals surface area contributed by atoms with E-state index >= 15 is 0 Å². The van der Waals surface area contributed by atoms with Gasteiger partial charge >= 0.3 is 0 Å². The van der Waals surface area contributed by atoms with Crippen molar-refractivity contribution in [2.75, 3.05) is 0 Å². The van der Waals surface area contributed by atoms with E-state index in [0.717, 1.165) is 6.42 Å². The van der Waals surface area contributed by atoms with Crippen molar-refractivity contribution < 1.29 is 0 Å². The number of benzene rings is 1. The zero-order chi connectivity index (χ0) is 11.5. The molecule has 1 aromatic heterocycles. The van der Waals surface area contributed by atoms with Crippen molar-refractivity contribution in [1.82, 2.24) is 0 Å². The second-order valence-electron chi connectivity index (χ2n) is 3.98. The minimum Gasteiger partial charge on any atom is -0.324 e. The summed E-state index contributed by atoms with van der Waals surface area (Å²) in [6.45, 7) is 2.10. The normalized spacial score (nSPS) is 12.7. The quantitative estimate of drug-likeness (QED) is 0.841. The molecule has 1 nitrogen and oxygen atoms in total. The average molecular weight is 343 g/mol. The van der Waals surface area contributed by atoms with Crippen LogP contribution in [0.4, 0.5) is 0 Å².